The summed E-state index contributed by atoms with van der Waals surface area (Å²) in [5, 5.41) is 0. The van der Waals surface area contributed by atoms with Crippen LogP contribution < -0.4 is 5.73 Å². The molecule has 2 atom stereocenters. The van der Waals surface area contributed by atoms with Gasteiger partial charge in [-0.2, -0.15) is 0 Å². The molecule has 3 amide bonds. The molecular weight excluding hydrogens is 457 g/mol. The molecular formula is C29H30FN3O3. The first-order valence-corrected chi connectivity index (χ1v) is 12.1. The molecule has 4 rings (SSSR count). The second kappa shape index (κ2) is 11.6. The van der Waals surface area contributed by atoms with E-state index in [-0.39, 0.29) is 30.6 Å². The molecule has 0 bridgehead atoms. The van der Waals surface area contributed by atoms with Gasteiger partial charge in [-0.05, 0) is 41.7 Å². The number of hydrogen-bond acceptors (Lipinski definition) is 3. The maximum Gasteiger partial charge on any atom is 0.246 e. The van der Waals surface area contributed by atoms with E-state index in [2.05, 4.69) is 0 Å². The Morgan fingerprint density at radius 2 is 1.31 bits per heavy atom. The van der Waals surface area contributed by atoms with E-state index in [9.17, 15) is 18.8 Å². The monoisotopic (exact) mass is 487 g/mol. The van der Waals surface area contributed by atoms with Gasteiger partial charge in [0.1, 0.15) is 17.9 Å². The van der Waals surface area contributed by atoms with Gasteiger partial charge in [-0.15, -0.1) is 0 Å². The van der Waals surface area contributed by atoms with Crippen LogP contribution in [0.2, 0.25) is 0 Å². The lowest BCUT2D eigenvalue weighted by atomic mass is 10.0. The summed E-state index contributed by atoms with van der Waals surface area (Å²) in [5.41, 5.74) is 8.49. The minimum Gasteiger partial charge on any atom is -0.368 e. The van der Waals surface area contributed by atoms with E-state index >= 15 is 0 Å². The topological polar surface area (TPSA) is 83.7 Å². The van der Waals surface area contributed by atoms with Gasteiger partial charge < -0.3 is 15.5 Å². The summed E-state index contributed by atoms with van der Waals surface area (Å²) in [5.74, 6) is -1.63. The highest BCUT2D eigenvalue weighted by Gasteiger charge is 2.42. The van der Waals surface area contributed by atoms with Gasteiger partial charge in [0.2, 0.25) is 17.7 Å². The first-order valence-electron chi connectivity index (χ1n) is 12.1. The van der Waals surface area contributed by atoms with Crippen LogP contribution in [0.15, 0.2) is 84.9 Å². The van der Waals surface area contributed by atoms with Gasteiger partial charge in [0, 0.05) is 19.5 Å². The molecule has 1 fully saturated rings. The second-order valence-electron chi connectivity index (χ2n) is 9.06. The molecule has 1 heterocycles. The average molecular weight is 488 g/mol. The summed E-state index contributed by atoms with van der Waals surface area (Å²) in [6, 6.07) is 23.5. The van der Waals surface area contributed by atoms with Crippen molar-refractivity contribution in [2.75, 3.05) is 13.1 Å². The number of nitrogens with two attached hydrogens (primary N) is 1. The Bertz CT molecular complexity index is 1190. The molecule has 2 N–H and O–H groups in total. The van der Waals surface area contributed by atoms with E-state index in [1.165, 1.54) is 17.0 Å². The van der Waals surface area contributed by atoms with Crippen LogP contribution in [0.1, 0.15) is 23.1 Å². The van der Waals surface area contributed by atoms with Gasteiger partial charge in [-0.1, -0.05) is 72.8 Å². The fraction of sp³-hybridized carbons (Fsp3) is 0.276. The highest BCUT2D eigenvalue weighted by molar-refractivity contribution is 5.97. The number of amides is 3. The van der Waals surface area contributed by atoms with E-state index in [1.807, 2.05) is 60.7 Å². The third kappa shape index (κ3) is 6.16. The largest absolute Gasteiger partial charge is 0.368 e. The third-order valence-corrected chi connectivity index (χ3v) is 6.65. The number of halogens is 1. The standard InChI is InChI=1S/C29H30FN3O3/c30-24-13-11-22(12-14-24)16-18-33-25(28(31)35)20-27(34)32(17-15-21-7-3-1-4-8-21)26(29(33)36)19-23-9-5-2-6-10-23/h1-14,25-26H,15-20H2,(H2,31,35). The summed E-state index contributed by atoms with van der Waals surface area (Å²) in [7, 11) is 0. The lowest BCUT2D eigenvalue weighted by Crippen LogP contribution is -2.53. The third-order valence-electron chi connectivity index (χ3n) is 6.65. The number of nitrogens with zero attached hydrogens (tertiary/aromatic N) is 2. The van der Waals surface area contributed by atoms with Crippen molar-refractivity contribution in [3.63, 3.8) is 0 Å². The van der Waals surface area contributed by atoms with Crippen molar-refractivity contribution in [3.8, 4) is 0 Å². The number of benzene rings is 3. The molecule has 0 aliphatic carbocycles. The Balaban J connectivity index is 1.63. The van der Waals surface area contributed by atoms with Crippen LogP contribution in [0.3, 0.4) is 0 Å². The molecule has 1 aliphatic rings. The smallest absolute Gasteiger partial charge is 0.246 e. The van der Waals surface area contributed by atoms with Crippen LogP contribution in [-0.4, -0.2) is 52.7 Å². The second-order valence-corrected chi connectivity index (χ2v) is 9.06. The van der Waals surface area contributed by atoms with Crippen molar-refractivity contribution in [2.24, 2.45) is 5.73 Å². The van der Waals surface area contributed by atoms with Crippen LogP contribution >= 0.6 is 0 Å². The lowest BCUT2D eigenvalue weighted by molar-refractivity contribution is -0.143. The van der Waals surface area contributed by atoms with Crippen molar-refractivity contribution in [1.82, 2.24) is 9.80 Å². The fourth-order valence-electron chi connectivity index (χ4n) is 4.68. The zero-order chi connectivity index (χ0) is 25.5. The Kier molecular flexibility index (Phi) is 8.10. The molecule has 1 saturated heterocycles. The van der Waals surface area contributed by atoms with Gasteiger partial charge in [0.25, 0.3) is 0 Å². The lowest BCUT2D eigenvalue weighted by Gasteiger charge is -2.32. The summed E-state index contributed by atoms with van der Waals surface area (Å²) < 4.78 is 13.3. The Morgan fingerprint density at radius 3 is 1.89 bits per heavy atom. The van der Waals surface area contributed by atoms with Gasteiger partial charge >= 0.3 is 0 Å². The highest BCUT2D eigenvalue weighted by Crippen LogP contribution is 2.23. The van der Waals surface area contributed by atoms with E-state index in [1.54, 1.807) is 17.0 Å². The minimum absolute atomic E-state index is 0.162. The Hall–Kier alpha value is -4.00. The molecule has 36 heavy (non-hydrogen) atoms. The maximum absolute atomic E-state index is 14.0. The molecule has 0 spiro atoms. The number of primary amides is 1. The first kappa shape index (κ1) is 25.1. The molecule has 2 unspecified atom stereocenters. The average Bonchev–Trinajstić information content (AvgIpc) is 2.98. The molecule has 0 radical (unpaired) electrons. The quantitative estimate of drug-likeness (QED) is 0.503. The Morgan fingerprint density at radius 1 is 0.778 bits per heavy atom. The van der Waals surface area contributed by atoms with Crippen molar-refractivity contribution in [2.45, 2.75) is 37.8 Å². The van der Waals surface area contributed by atoms with Crippen molar-refractivity contribution in [3.05, 3.63) is 107 Å². The van der Waals surface area contributed by atoms with Crippen LogP contribution in [0, 0.1) is 5.82 Å². The van der Waals surface area contributed by atoms with E-state index in [4.69, 9.17) is 5.73 Å². The molecule has 0 saturated carbocycles. The van der Waals surface area contributed by atoms with Gasteiger partial charge in [0.15, 0.2) is 0 Å². The molecule has 1 aliphatic heterocycles. The fourth-order valence-corrected chi connectivity index (χ4v) is 4.68. The summed E-state index contributed by atoms with van der Waals surface area (Å²) in [4.78, 5) is 42.9. The molecule has 3 aromatic carbocycles. The van der Waals surface area contributed by atoms with Gasteiger partial charge in [-0.25, -0.2) is 4.39 Å². The molecule has 186 valence electrons. The number of carbonyl (C=O) groups is 3. The van der Waals surface area contributed by atoms with Crippen molar-refractivity contribution < 1.29 is 18.8 Å². The molecule has 0 aromatic heterocycles. The predicted molar refractivity (Wildman–Crippen MR) is 135 cm³/mol. The van der Waals surface area contributed by atoms with Gasteiger partial charge in [-0.3, -0.25) is 14.4 Å². The number of hydrogen-bond donors (Lipinski definition) is 1. The molecule has 3 aromatic rings. The van der Waals surface area contributed by atoms with Crippen molar-refractivity contribution >= 4 is 17.7 Å². The normalized spacial score (nSPS) is 18.2. The summed E-state index contributed by atoms with van der Waals surface area (Å²) >= 11 is 0. The maximum atomic E-state index is 14.0. The van der Waals surface area contributed by atoms with Gasteiger partial charge in [0.05, 0.1) is 6.42 Å². The van der Waals surface area contributed by atoms with Crippen LogP contribution in [0.4, 0.5) is 4.39 Å². The Labute approximate surface area is 210 Å². The summed E-state index contributed by atoms with van der Waals surface area (Å²) in [6.07, 6.45) is 1.16. The summed E-state index contributed by atoms with van der Waals surface area (Å²) in [6.45, 7) is 0.548. The van der Waals surface area contributed by atoms with E-state index in [0.717, 1.165) is 16.7 Å². The zero-order valence-electron chi connectivity index (χ0n) is 20.1. The van der Waals surface area contributed by atoms with Crippen LogP contribution in [0.5, 0.6) is 0 Å². The van der Waals surface area contributed by atoms with E-state index in [0.29, 0.717) is 25.8 Å². The highest BCUT2D eigenvalue weighted by atomic mass is 19.1. The SMILES string of the molecule is NC(=O)C1CC(=O)N(CCc2ccccc2)C(Cc2ccccc2)C(=O)N1CCc1ccc(F)cc1. The number of carbonyl (C=O) groups excluding carboxylic acids is 3. The number of rotatable bonds is 9. The molecule has 6 nitrogen and oxygen atoms in total. The zero-order valence-corrected chi connectivity index (χ0v) is 20.1. The predicted octanol–water partition coefficient (Wildman–Crippen LogP) is 3.14. The first-order chi connectivity index (χ1) is 17.4. The van der Waals surface area contributed by atoms with Crippen LogP contribution in [-0.2, 0) is 33.6 Å². The molecule has 7 heteroatoms. The van der Waals surface area contributed by atoms with E-state index < -0.39 is 18.0 Å². The minimum atomic E-state index is -1.04. The van der Waals surface area contributed by atoms with Crippen molar-refractivity contribution in [1.29, 1.82) is 0 Å². The van der Waals surface area contributed by atoms with Crippen LogP contribution in [0.25, 0.3) is 0 Å².